The largest absolute Gasteiger partial charge is 0.295 e. The summed E-state index contributed by atoms with van der Waals surface area (Å²) in [5.41, 5.74) is 2.19. The lowest BCUT2D eigenvalue weighted by Gasteiger charge is -1.93. The molecule has 1 nitrogen and oxygen atoms in total. The van der Waals surface area contributed by atoms with E-state index in [0.717, 1.165) is 12.0 Å². The fourth-order valence-corrected chi connectivity index (χ4v) is 1.09. The lowest BCUT2D eigenvalue weighted by atomic mass is 10.1. The van der Waals surface area contributed by atoms with Crippen molar-refractivity contribution in [3.63, 3.8) is 0 Å². The molecule has 0 radical (unpaired) electrons. The topological polar surface area (TPSA) is 17.1 Å². The molecule has 0 unspecified atom stereocenters. The van der Waals surface area contributed by atoms with Crippen molar-refractivity contribution in [2.45, 2.75) is 26.7 Å². The van der Waals surface area contributed by atoms with Crippen molar-refractivity contribution < 1.29 is 4.79 Å². The maximum atomic E-state index is 11.1. The van der Waals surface area contributed by atoms with Gasteiger partial charge in [-0.2, -0.15) is 0 Å². The van der Waals surface area contributed by atoms with Gasteiger partial charge in [0.2, 0.25) is 0 Å². The second kappa shape index (κ2) is 2.82. The van der Waals surface area contributed by atoms with Gasteiger partial charge in [-0.1, -0.05) is 24.6 Å². The summed E-state index contributed by atoms with van der Waals surface area (Å²) in [6, 6.07) is 0. The molecule has 1 aliphatic carbocycles. The zero-order valence-electron chi connectivity index (χ0n) is 6.48. The SMILES string of the molecule is CCC(=O)C1=CC(C)=CC1. The van der Waals surface area contributed by atoms with Crippen LogP contribution in [0.1, 0.15) is 26.7 Å². The van der Waals surface area contributed by atoms with Gasteiger partial charge in [-0.15, -0.1) is 0 Å². The van der Waals surface area contributed by atoms with Crippen LogP contribution < -0.4 is 0 Å². The second-order valence-electron chi connectivity index (χ2n) is 2.60. The third-order valence-corrected chi connectivity index (χ3v) is 1.73. The maximum absolute atomic E-state index is 11.1. The number of ketones is 1. The predicted molar refractivity (Wildman–Crippen MR) is 41.8 cm³/mol. The number of Topliss-reactive ketones (excluding diaryl/α,β-unsaturated/α-hetero) is 1. The van der Waals surface area contributed by atoms with Gasteiger partial charge in [0.05, 0.1) is 0 Å². The van der Waals surface area contributed by atoms with E-state index < -0.39 is 0 Å². The molecular weight excluding hydrogens is 124 g/mol. The molecule has 54 valence electrons. The normalized spacial score (nSPS) is 16.6. The highest BCUT2D eigenvalue weighted by atomic mass is 16.1. The number of hydrogen-bond donors (Lipinski definition) is 0. The van der Waals surface area contributed by atoms with Crippen LogP contribution in [0.25, 0.3) is 0 Å². The molecule has 10 heavy (non-hydrogen) atoms. The highest BCUT2D eigenvalue weighted by Gasteiger charge is 2.09. The third-order valence-electron chi connectivity index (χ3n) is 1.73. The summed E-state index contributed by atoms with van der Waals surface area (Å²) in [7, 11) is 0. The molecule has 0 aromatic heterocycles. The molecule has 1 aliphatic rings. The van der Waals surface area contributed by atoms with Crippen molar-refractivity contribution in [3.05, 3.63) is 23.3 Å². The molecule has 0 heterocycles. The molecule has 0 fully saturated rings. The molecule has 1 heteroatoms. The van der Waals surface area contributed by atoms with Gasteiger partial charge in [-0.3, -0.25) is 4.79 Å². The summed E-state index contributed by atoms with van der Waals surface area (Å²) in [4.78, 5) is 11.1. The monoisotopic (exact) mass is 136 g/mol. The van der Waals surface area contributed by atoms with Crippen LogP contribution in [0.15, 0.2) is 23.3 Å². The van der Waals surface area contributed by atoms with Crippen molar-refractivity contribution in [2.75, 3.05) is 0 Å². The first-order chi connectivity index (χ1) is 4.74. The maximum Gasteiger partial charge on any atom is 0.158 e. The van der Waals surface area contributed by atoms with Crippen LogP contribution in [0.3, 0.4) is 0 Å². The number of rotatable bonds is 2. The van der Waals surface area contributed by atoms with Crippen LogP contribution in [0.2, 0.25) is 0 Å². The number of carbonyl (C=O) groups excluding carboxylic acids is 1. The van der Waals surface area contributed by atoms with Gasteiger partial charge in [-0.25, -0.2) is 0 Å². The van der Waals surface area contributed by atoms with E-state index in [1.807, 2.05) is 19.9 Å². The Kier molecular flexibility index (Phi) is 2.05. The first kappa shape index (κ1) is 7.26. The molecule has 0 atom stereocenters. The van der Waals surface area contributed by atoms with Crippen molar-refractivity contribution in [2.24, 2.45) is 0 Å². The molecule has 0 saturated carbocycles. The lowest BCUT2D eigenvalue weighted by molar-refractivity contribution is -0.115. The first-order valence-corrected chi connectivity index (χ1v) is 3.64. The van der Waals surface area contributed by atoms with E-state index in [1.165, 1.54) is 5.57 Å². The first-order valence-electron chi connectivity index (χ1n) is 3.64. The standard InChI is InChI=1S/C9H12O/c1-3-9(10)8-5-4-7(2)6-8/h4,6H,3,5H2,1-2H3. The Morgan fingerprint density at radius 1 is 1.70 bits per heavy atom. The van der Waals surface area contributed by atoms with Crippen LogP contribution in [-0.4, -0.2) is 5.78 Å². The minimum Gasteiger partial charge on any atom is -0.295 e. The van der Waals surface area contributed by atoms with E-state index in [2.05, 4.69) is 6.08 Å². The highest BCUT2D eigenvalue weighted by Crippen LogP contribution is 2.18. The molecule has 0 saturated heterocycles. The third kappa shape index (κ3) is 1.35. The Labute approximate surface area is 61.4 Å². The Bertz CT molecular complexity index is 209. The molecule has 0 aliphatic heterocycles. The van der Waals surface area contributed by atoms with Gasteiger partial charge in [-0.05, 0) is 18.9 Å². The summed E-state index contributed by atoms with van der Waals surface area (Å²) >= 11 is 0. The van der Waals surface area contributed by atoms with Crippen LogP contribution in [0.4, 0.5) is 0 Å². The van der Waals surface area contributed by atoms with E-state index in [-0.39, 0.29) is 5.78 Å². The Morgan fingerprint density at radius 3 is 2.80 bits per heavy atom. The van der Waals surface area contributed by atoms with Gasteiger partial charge >= 0.3 is 0 Å². The van der Waals surface area contributed by atoms with Crippen LogP contribution in [0, 0.1) is 0 Å². The molecule has 0 amide bonds. The molecular formula is C9H12O. The number of allylic oxidation sites excluding steroid dienone is 4. The lowest BCUT2D eigenvalue weighted by Crippen LogP contribution is -1.96. The van der Waals surface area contributed by atoms with Gasteiger partial charge in [0.25, 0.3) is 0 Å². The van der Waals surface area contributed by atoms with Crippen LogP contribution >= 0.6 is 0 Å². The Hall–Kier alpha value is -0.850. The summed E-state index contributed by atoms with van der Waals surface area (Å²) in [5.74, 6) is 0.285. The average molecular weight is 136 g/mol. The quantitative estimate of drug-likeness (QED) is 0.569. The molecule has 0 aromatic carbocycles. The summed E-state index contributed by atoms with van der Waals surface area (Å²) in [6.07, 6.45) is 5.54. The van der Waals surface area contributed by atoms with E-state index in [0.29, 0.717) is 6.42 Å². The highest BCUT2D eigenvalue weighted by molar-refractivity contribution is 5.96. The summed E-state index contributed by atoms with van der Waals surface area (Å²) in [5, 5.41) is 0. The Morgan fingerprint density at radius 2 is 2.40 bits per heavy atom. The second-order valence-corrected chi connectivity index (χ2v) is 2.60. The van der Waals surface area contributed by atoms with Gasteiger partial charge < -0.3 is 0 Å². The van der Waals surface area contributed by atoms with Crippen molar-refractivity contribution >= 4 is 5.78 Å². The Balaban J connectivity index is 2.63. The van der Waals surface area contributed by atoms with E-state index in [9.17, 15) is 4.79 Å². The number of carbonyl (C=O) groups is 1. The summed E-state index contributed by atoms with van der Waals surface area (Å²) in [6.45, 7) is 3.92. The van der Waals surface area contributed by atoms with Crippen molar-refractivity contribution in [1.82, 2.24) is 0 Å². The fraction of sp³-hybridized carbons (Fsp3) is 0.444. The molecule has 0 N–H and O–H groups in total. The van der Waals surface area contributed by atoms with Crippen molar-refractivity contribution in [3.8, 4) is 0 Å². The van der Waals surface area contributed by atoms with Crippen LogP contribution in [-0.2, 0) is 4.79 Å². The molecule has 0 aromatic rings. The van der Waals surface area contributed by atoms with Crippen molar-refractivity contribution in [1.29, 1.82) is 0 Å². The zero-order valence-corrected chi connectivity index (χ0v) is 6.48. The fourth-order valence-electron chi connectivity index (χ4n) is 1.09. The van der Waals surface area contributed by atoms with Gasteiger partial charge in [0.1, 0.15) is 0 Å². The van der Waals surface area contributed by atoms with E-state index in [4.69, 9.17) is 0 Å². The van der Waals surface area contributed by atoms with E-state index in [1.54, 1.807) is 0 Å². The average Bonchev–Trinajstić information content (AvgIpc) is 2.34. The van der Waals surface area contributed by atoms with Crippen LogP contribution in [0.5, 0.6) is 0 Å². The minimum atomic E-state index is 0.285. The molecule has 0 bridgehead atoms. The van der Waals surface area contributed by atoms with Gasteiger partial charge in [0, 0.05) is 6.42 Å². The predicted octanol–water partition coefficient (Wildman–Crippen LogP) is 2.24. The zero-order chi connectivity index (χ0) is 7.56. The molecule has 1 rings (SSSR count). The van der Waals surface area contributed by atoms with Gasteiger partial charge in [0.15, 0.2) is 5.78 Å². The number of hydrogen-bond acceptors (Lipinski definition) is 1. The van der Waals surface area contributed by atoms with E-state index >= 15 is 0 Å². The molecule has 0 spiro atoms. The summed E-state index contributed by atoms with van der Waals surface area (Å²) < 4.78 is 0. The minimum absolute atomic E-state index is 0.285. The smallest absolute Gasteiger partial charge is 0.158 e.